The third kappa shape index (κ3) is 6.18. The van der Waals surface area contributed by atoms with Gasteiger partial charge in [-0.05, 0) is 45.1 Å². The van der Waals surface area contributed by atoms with Crippen molar-refractivity contribution in [3.05, 3.63) is 22.4 Å². The Bertz CT molecular complexity index is 682. The van der Waals surface area contributed by atoms with Gasteiger partial charge in [-0.25, -0.2) is 0 Å². The number of ether oxygens (including phenoxy) is 2. The van der Waals surface area contributed by atoms with Crippen molar-refractivity contribution in [3.63, 3.8) is 0 Å². The lowest BCUT2D eigenvalue weighted by atomic mass is 9.98. The van der Waals surface area contributed by atoms with Gasteiger partial charge in [-0.1, -0.05) is 6.07 Å². The molecule has 3 heterocycles. The largest absolute Gasteiger partial charge is 0.466 e. The van der Waals surface area contributed by atoms with E-state index in [1.807, 2.05) is 6.92 Å². The SMILES string of the molecule is CCNC(=NCC(c1cccs1)N1CCOC(C)C1)N1CCC[C@@H](C(=O)OCC)C1. The van der Waals surface area contributed by atoms with Gasteiger partial charge in [0.05, 0.1) is 37.8 Å². The van der Waals surface area contributed by atoms with E-state index in [1.54, 1.807) is 11.3 Å². The van der Waals surface area contributed by atoms with Gasteiger partial charge in [0.25, 0.3) is 0 Å². The van der Waals surface area contributed by atoms with Crippen LogP contribution < -0.4 is 5.32 Å². The summed E-state index contributed by atoms with van der Waals surface area (Å²) in [6.45, 7) is 12.2. The van der Waals surface area contributed by atoms with Crippen molar-refractivity contribution in [2.45, 2.75) is 45.8 Å². The van der Waals surface area contributed by atoms with E-state index in [1.165, 1.54) is 4.88 Å². The Balaban J connectivity index is 1.73. The summed E-state index contributed by atoms with van der Waals surface area (Å²) in [7, 11) is 0. The van der Waals surface area contributed by atoms with Crippen molar-refractivity contribution in [2.75, 3.05) is 52.5 Å². The minimum Gasteiger partial charge on any atom is -0.466 e. The van der Waals surface area contributed by atoms with Crippen molar-refractivity contribution in [2.24, 2.45) is 10.9 Å². The zero-order valence-corrected chi connectivity index (χ0v) is 19.3. The molecule has 30 heavy (non-hydrogen) atoms. The van der Waals surface area contributed by atoms with E-state index >= 15 is 0 Å². The molecule has 0 aliphatic carbocycles. The maximum Gasteiger partial charge on any atom is 0.310 e. The Hall–Kier alpha value is -1.64. The molecule has 1 N–H and O–H groups in total. The van der Waals surface area contributed by atoms with Crippen LogP contribution in [0.15, 0.2) is 22.5 Å². The molecule has 2 saturated heterocycles. The van der Waals surface area contributed by atoms with Gasteiger partial charge < -0.3 is 19.7 Å². The lowest BCUT2D eigenvalue weighted by molar-refractivity contribution is -0.149. The minimum absolute atomic E-state index is 0.0734. The molecule has 3 atom stereocenters. The summed E-state index contributed by atoms with van der Waals surface area (Å²) in [5.41, 5.74) is 0. The first kappa shape index (κ1) is 23.0. The van der Waals surface area contributed by atoms with E-state index < -0.39 is 0 Å². The van der Waals surface area contributed by atoms with E-state index in [4.69, 9.17) is 14.5 Å². The molecule has 0 radical (unpaired) electrons. The van der Waals surface area contributed by atoms with Crippen LogP contribution in [0.3, 0.4) is 0 Å². The highest BCUT2D eigenvalue weighted by atomic mass is 32.1. The molecule has 0 bridgehead atoms. The molecule has 8 heteroatoms. The summed E-state index contributed by atoms with van der Waals surface area (Å²) in [5, 5.41) is 5.57. The van der Waals surface area contributed by atoms with Gasteiger partial charge in [-0.2, -0.15) is 0 Å². The third-order valence-electron chi connectivity index (χ3n) is 5.67. The molecule has 2 unspecified atom stereocenters. The Morgan fingerprint density at radius 3 is 2.97 bits per heavy atom. The summed E-state index contributed by atoms with van der Waals surface area (Å²) in [5.74, 6) is 0.738. The summed E-state index contributed by atoms with van der Waals surface area (Å²) < 4.78 is 11.0. The number of morpholine rings is 1. The monoisotopic (exact) mass is 436 g/mol. The number of thiophene rings is 1. The maximum atomic E-state index is 12.3. The Kier molecular flexibility index (Phi) is 8.96. The fourth-order valence-corrected chi connectivity index (χ4v) is 5.07. The van der Waals surface area contributed by atoms with E-state index in [9.17, 15) is 4.79 Å². The third-order valence-corrected chi connectivity index (χ3v) is 6.65. The van der Waals surface area contributed by atoms with Gasteiger partial charge in [0.1, 0.15) is 0 Å². The van der Waals surface area contributed by atoms with Crippen LogP contribution in [0.2, 0.25) is 0 Å². The van der Waals surface area contributed by atoms with Gasteiger partial charge >= 0.3 is 5.97 Å². The Labute approximate surface area is 184 Å². The first-order valence-corrected chi connectivity index (χ1v) is 12.1. The van der Waals surface area contributed by atoms with Crippen molar-refractivity contribution < 1.29 is 14.3 Å². The molecule has 7 nitrogen and oxygen atoms in total. The predicted octanol–water partition coefficient (Wildman–Crippen LogP) is 2.75. The lowest BCUT2D eigenvalue weighted by Crippen LogP contribution is -2.49. The molecule has 2 aliphatic rings. The molecular weight excluding hydrogens is 400 g/mol. The average molecular weight is 437 g/mol. The van der Waals surface area contributed by atoms with Gasteiger partial charge in [0.2, 0.25) is 0 Å². The first-order valence-electron chi connectivity index (χ1n) is 11.2. The average Bonchev–Trinajstić information content (AvgIpc) is 3.28. The number of nitrogens with zero attached hydrogens (tertiary/aromatic N) is 3. The number of nitrogens with one attached hydrogen (secondary N) is 1. The highest BCUT2D eigenvalue weighted by molar-refractivity contribution is 7.10. The predicted molar refractivity (Wildman–Crippen MR) is 121 cm³/mol. The van der Waals surface area contributed by atoms with Gasteiger partial charge in [0.15, 0.2) is 5.96 Å². The summed E-state index contributed by atoms with van der Waals surface area (Å²) in [6, 6.07) is 4.56. The zero-order chi connectivity index (χ0) is 21.3. The molecule has 1 aromatic rings. The number of guanidine groups is 1. The van der Waals surface area contributed by atoms with Crippen LogP contribution in [0, 0.1) is 5.92 Å². The molecule has 0 spiro atoms. The molecule has 2 aliphatic heterocycles. The molecule has 1 aromatic heterocycles. The second-order valence-electron chi connectivity index (χ2n) is 7.94. The van der Waals surface area contributed by atoms with Crippen LogP contribution in [0.1, 0.15) is 44.5 Å². The second kappa shape index (κ2) is 11.7. The summed E-state index contributed by atoms with van der Waals surface area (Å²) >= 11 is 1.79. The van der Waals surface area contributed by atoms with E-state index in [2.05, 4.69) is 46.5 Å². The first-order chi connectivity index (χ1) is 14.6. The number of hydrogen-bond donors (Lipinski definition) is 1. The van der Waals surface area contributed by atoms with Gasteiger partial charge in [-0.3, -0.25) is 14.7 Å². The van der Waals surface area contributed by atoms with Crippen LogP contribution in [0.5, 0.6) is 0 Å². The number of likely N-dealkylation sites (tertiary alicyclic amines) is 1. The van der Waals surface area contributed by atoms with E-state index in [-0.39, 0.29) is 24.0 Å². The number of carbonyl (C=O) groups excluding carboxylic acids is 1. The number of aliphatic imine (C=N–C) groups is 1. The summed E-state index contributed by atoms with van der Waals surface area (Å²) in [6.07, 6.45) is 2.10. The summed E-state index contributed by atoms with van der Waals surface area (Å²) in [4.78, 5) is 23.3. The molecule has 168 valence electrons. The number of rotatable bonds is 7. The Morgan fingerprint density at radius 1 is 1.40 bits per heavy atom. The highest BCUT2D eigenvalue weighted by Crippen LogP contribution is 2.27. The molecule has 3 rings (SSSR count). The molecule has 2 fully saturated rings. The van der Waals surface area contributed by atoms with Crippen LogP contribution in [0.25, 0.3) is 0 Å². The number of piperidine rings is 1. The Morgan fingerprint density at radius 2 is 2.27 bits per heavy atom. The molecule has 0 aromatic carbocycles. The quantitative estimate of drug-likeness (QED) is 0.403. The lowest BCUT2D eigenvalue weighted by Gasteiger charge is -2.37. The topological polar surface area (TPSA) is 66.4 Å². The fourth-order valence-electron chi connectivity index (χ4n) is 4.22. The smallest absolute Gasteiger partial charge is 0.310 e. The molecular formula is C22H36N4O3S. The van der Waals surface area contributed by atoms with Crippen LogP contribution >= 0.6 is 11.3 Å². The molecule has 0 saturated carbocycles. The van der Waals surface area contributed by atoms with Crippen molar-refractivity contribution in [1.82, 2.24) is 15.1 Å². The van der Waals surface area contributed by atoms with Crippen LogP contribution in [-0.2, 0) is 14.3 Å². The van der Waals surface area contributed by atoms with E-state index in [0.717, 1.165) is 51.6 Å². The van der Waals surface area contributed by atoms with Gasteiger partial charge in [-0.15, -0.1) is 11.3 Å². The van der Waals surface area contributed by atoms with Gasteiger partial charge in [0, 0.05) is 37.6 Å². The maximum absolute atomic E-state index is 12.3. The highest BCUT2D eigenvalue weighted by Gasteiger charge is 2.30. The zero-order valence-electron chi connectivity index (χ0n) is 18.5. The number of esters is 1. The minimum atomic E-state index is -0.0863. The standard InChI is InChI=1S/C22H36N4O3S/c1-4-23-22(26-10-6-8-18(16-26)21(27)28-5-2)24-14-19(20-9-7-13-30-20)25-11-12-29-17(3)15-25/h7,9,13,17-19H,4-6,8,10-12,14-16H2,1-3H3,(H,23,24)/t17?,18-,19?/m1/s1. The fraction of sp³-hybridized carbons (Fsp3) is 0.727. The molecule has 0 amide bonds. The van der Waals surface area contributed by atoms with Crippen molar-refractivity contribution >= 4 is 23.3 Å². The number of hydrogen-bond acceptors (Lipinski definition) is 6. The van der Waals surface area contributed by atoms with E-state index in [0.29, 0.717) is 19.7 Å². The number of carbonyl (C=O) groups is 1. The van der Waals surface area contributed by atoms with Crippen molar-refractivity contribution in [3.8, 4) is 0 Å². The van der Waals surface area contributed by atoms with Crippen molar-refractivity contribution in [1.29, 1.82) is 0 Å². The van der Waals surface area contributed by atoms with Crippen LogP contribution in [-0.4, -0.2) is 80.3 Å². The van der Waals surface area contributed by atoms with Crippen LogP contribution in [0.4, 0.5) is 0 Å². The normalized spacial score (nSPS) is 24.5. The second-order valence-corrected chi connectivity index (χ2v) is 8.92.